The van der Waals surface area contributed by atoms with Gasteiger partial charge in [0.05, 0.1) is 13.2 Å². The average molecular weight is 272 g/mol. The van der Waals surface area contributed by atoms with Crippen molar-refractivity contribution in [3.05, 3.63) is 0 Å². The molecule has 1 aliphatic heterocycles. The van der Waals surface area contributed by atoms with Gasteiger partial charge in [0.25, 0.3) is 0 Å². The van der Waals surface area contributed by atoms with Crippen LogP contribution in [0, 0.1) is 11.8 Å². The summed E-state index contributed by atoms with van der Waals surface area (Å²) >= 11 is 0. The Kier molecular flexibility index (Phi) is 9.48. The van der Waals surface area contributed by atoms with Gasteiger partial charge in [-0.1, -0.05) is 39.5 Å². The van der Waals surface area contributed by atoms with E-state index >= 15 is 0 Å². The van der Waals surface area contributed by atoms with Crippen LogP contribution in [0.3, 0.4) is 0 Å². The van der Waals surface area contributed by atoms with Crippen molar-refractivity contribution >= 4 is 0 Å². The van der Waals surface area contributed by atoms with Crippen molar-refractivity contribution in [1.29, 1.82) is 0 Å². The summed E-state index contributed by atoms with van der Waals surface area (Å²) in [6, 6.07) is 0. The van der Waals surface area contributed by atoms with Gasteiger partial charge in [0, 0.05) is 6.61 Å². The van der Waals surface area contributed by atoms with E-state index < -0.39 is 0 Å². The zero-order valence-corrected chi connectivity index (χ0v) is 12.8. The normalized spacial score (nSPS) is 19.7. The second-order valence-electron chi connectivity index (χ2n) is 5.92. The molecule has 0 amide bonds. The van der Waals surface area contributed by atoms with Crippen LogP contribution >= 0.6 is 0 Å². The third kappa shape index (κ3) is 7.91. The molecule has 0 saturated carbocycles. The Hall–Kier alpha value is -0.120. The third-order valence-corrected chi connectivity index (χ3v) is 4.24. The first-order valence-corrected chi connectivity index (χ1v) is 8.10. The maximum Gasteiger partial charge on any atom is 0.157 e. The maximum atomic E-state index is 8.87. The highest BCUT2D eigenvalue weighted by molar-refractivity contribution is 4.62. The molecule has 1 aliphatic rings. The number of hydrogen-bond acceptors (Lipinski definition) is 3. The first-order chi connectivity index (χ1) is 9.26. The average Bonchev–Trinajstić information content (AvgIpc) is 2.93. The summed E-state index contributed by atoms with van der Waals surface area (Å²) in [5.41, 5.74) is 0. The molecule has 1 fully saturated rings. The van der Waals surface area contributed by atoms with E-state index in [9.17, 15) is 0 Å². The molecule has 0 spiro atoms. The summed E-state index contributed by atoms with van der Waals surface area (Å²) in [7, 11) is 0. The van der Waals surface area contributed by atoms with Crippen LogP contribution < -0.4 is 0 Å². The van der Waals surface area contributed by atoms with Gasteiger partial charge in [0.15, 0.2) is 6.29 Å². The van der Waals surface area contributed by atoms with Crippen molar-refractivity contribution in [2.45, 2.75) is 71.5 Å². The van der Waals surface area contributed by atoms with Crippen LogP contribution in [0.15, 0.2) is 0 Å². The molecule has 0 aromatic heterocycles. The first kappa shape index (κ1) is 16.9. The lowest BCUT2D eigenvalue weighted by atomic mass is 9.91. The number of hydrogen-bond donors (Lipinski definition) is 1. The molecule has 2 atom stereocenters. The second-order valence-corrected chi connectivity index (χ2v) is 5.92. The number of rotatable bonds is 11. The van der Waals surface area contributed by atoms with Gasteiger partial charge in [-0.2, -0.15) is 0 Å². The molecule has 1 N–H and O–H groups in total. The minimum absolute atomic E-state index is 0.0652. The lowest BCUT2D eigenvalue weighted by molar-refractivity contribution is -0.0500. The predicted octanol–water partition coefficient (Wildman–Crippen LogP) is 3.74. The molecule has 1 rings (SSSR count). The molecule has 114 valence electrons. The van der Waals surface area contributed by atoms with Crippen LogP contribution in [-0.2, 0) is 9.47 Å². The minimum atomic E-state index is 0.0652. The largest absolute Gasteiger partial charge is 0.396 e. The molecule has 0 aliphatic carbocycles. The monoisotopic (exact) mass is 272 g/mol. The van der Waals surface area contributed by atoms with E-state index in [2.05, 4.69) is 13.8 Å². The second kappa shape index (κ2) is 10.6. The highest BCUT2D eigenvalue weighted by atomic mass is 16.7. The van der Waals surface area contributed by atoms with Crippen molar-refractivity contribution in [2.75, 3.05) is 19.8 Å². The molecule has 3 nitrogen and oxygen atoms in total. The van der Waals surface area contributed by atoms with Gasteiger partial charge in [-0.15, -0.1) is 0 Å². The van der Waals surface area contributed by atoms with E-state index in [0.717, 1.165) is 37.9 Å². The van der Waals surface area contributed by atoms with Gasteiger partial charge >= 0.3 is 0 Å². The Morgan fingerprint density at radius 2 is 1.74 bits per heavy atom. The Morgan fingerprint density at radius 1 is 1.05 bits per heavy atom. The Morgan fingerprint density at radius 3 is 2.37 bits per heavy atom. The summed E-state index contributed by atoms with van der Waals surface area (Å²) in [5.74, 6) is 1.57. The SMILES string of the molecule is CCC(CCCO)CCC[C@H](C)CCC1OCCO1. The van der Waals surface area contributed by atoms with Gasteiger partial charge in [-0.25, -0.2) is 0 Å². The highest BCUT2D eigenvalue weighted by Gasteiger charge is 2.16. The summed E-state index contributed by atoms with van der Waals surface area (Å²) in [6.45, 7) is 6.47. The van der Waals surface area contributed by atoms with Crippen LogP contribution in [0.1, 0.15) is 65.2 Å². The molecule has 3 heteroatoms. The minimum Gasteiger partial charge on any atom is -0.396 e. The van der Waals surface area contributed by atoms with E-state index in [1.54, 1.807) is 0 Å². The molecule has 0 aromatic rings. The summed E-state index contributed by atoms with van der Waals surface area (Å²) in [6.07, 6.45) is 9.65. The Balaban J connectivity index is 2.00. The molecule has 0 aromatic carbocycles. The van der Waals surface area contributed by atoms with Gasteiger partial charge in [-0.05, 0) is 37.5 Å². The predicted molar refractivity (Wildman–Crippen MR) is 78.0 cm³/mol. The summed E-state index contributed by atoms with van der Waals surface area (Å²) < 4.78 is 10.9. The van der Waals surface area contributed by atoms with Crippen LogP contribution in [-0.4, -0.2) is 31.2 Å². The highest BCUT2D eigenvalue weighted by Crippen LogP contribution is 2.23. The van der Waals surface area contributed by atoms with Crippen molar-refractivity contribution in [3.8, 4) is 0 Å². The fourth-order valence-corrected chi connectivity index (χ4v) is 2.83. The maximum absolute atomic E-state index is 8.87. The standard InChI is InChI=1S/C16H32O3/c1-3-15(8-5-11-17)7-4-6-14(2)9-10-16-18-12-13-19-16/h14-17H,3-13H2,1-2H3/t14-,15?/m0/s1. The van der Waals surface area contributed by atoms with Crippen LogP contribution in [0.4, 0.5) is 0 Å². The van der Waals surface area contributed by atoms with Crippen LogP contribution in [0.5, 0.6) is 0 Å². The third-order valence-electron chi connectivity index (χ3n) is 4.24. The zero-order chi connectivity index (χ0) is 13.9. The van der Waals surface area contributed by atoms with Gasteiger partial charge in [-0.3, -0.25) is 0 Å². The summed E-state index contributed by atoms with van der Waals surface area (Å²) in [5, 5.41) is 8.87. The van der Waals surface area contributed by atoms with E-state index in [1.165, 1.54) is 38.5 Å². The number of ether oxygens (including phenoxy) is 2. The van der Waals surface area contributed by atoms with Crippen LogP contribution in [0.2, 0.25) is 0 Å². The molecule has 1 unspecified atom stereocenters. The lowest BCUT2D eigenvalue weighted by Gasteiger charge is -2.17. The smallest absolute Gasteiger partial charge is 0.157 e. The molecular weight excluding hydrogens is 240 g/mol. The Labute approximate surface area is 118 Å². The van der Waals surface area contributed by atoms with Crippen molar-refractivity contribution in [1.82, 2.24) is 0 Å². The number of aliphatic hydroxyl groups excluding tert-OH is 1. The Bertz CT molecular complexity index is 202. The van der Waals surface area contributed by atoms with E-state index in [-0.39, 0.29) is 6.29 Å². The van der Waals surface area contributed by atoms with Crippen molar-refractivity contribution in [3.63, 3.8) is 0 Å². The molecule has 19 heavy (non-hydrogen) atoms. The topological polar surface area (TPSA) is 38.7 Å². The summed E-state index contributed by atoms with van der Waals surface area (Å²) in [4.78, 5) is 0. The zero-order valence-electron chi connectivity index (χ0n) is 12.8. The van der Waals surface area contributed by atoms with Crippen molar-refractivity contribution < 1.29 is 14.6 Å². The fourth-order valence-electron chi connectivity index (χ4n) is 2.83. The van der Waals surface area contributed by atoms with Crippen LogP contribution in [0.25, 0.3) is 0 Å². The van der Waals surface area contributed by atoms with Gasteiger partial charge in [0.1, 0.15) is 0 Å². The van der Waals surface area contributed by atoms with E-state index in [1.807, 2.05) is 0 Å². The molecule has 0 bridgehead atoms. The van der Waals surface area contributed by atoms with Crippen molar-refractivity contribution in [2.24, 2.45) is 11.8 Å². The fraction of sp³-hybridized carbons (Fsp3) is 1.00. The van der Waals surface area contributed by atoms with Gasteiger partial charge < -0.3 is 14.6 Å². The molecule has 1 heterocycles. The molecule has 0 radical (unpaired) electrons. The lowest BCUT2D eigenvalue weighted by Crippen LogP contribution is -2.10. The van der Waals surface area contributed by atoms with Gasteiger partial charge in [0.2, 0.25) is 0 Å². The van der Waals surface area contributed by atoms with E-state index in [4.69, 9.17) is 14.6 Å². The molecule has 1 saturated heterocycles. The number of aliphatic hydroxyl groups is 1. The molecular formula is C16H32O3. The quantitative estimate of drug-likeness (QED) is 0.622. The first-order valence-electron chi connectivity index (χ1n) is 8.10. The van der Waals surface area contributed by atoms with E-state index in [0.29, 0.717) is 6.61 Å².